The van der Waals surface area contributed by atoms with Crippen LogP contribution in [-0.2, 0) is 6.54 Å². The molecular weight excluding hydrogens is 176 g/mol. The van der Waals surface area contributed by atoms with Crippen LogP contribution < -0.4 is 5.32 Å². The molecule has 0 saturated heterocycles. The van der Waals surface area contributed by atoms with Crippen LogP contribution in [0.2, 0.25) is 0 Å². The van der Waals surface area contributed by atoms with E-state index in [4.69, 9.17) is 0 Å². The average molecular weight is 194 g/mol. The maximum absolute atomic E-state index is 9.58. The quantitative estimate of drug-likeness (QED) is 0.750. The molecule has 2 atom stereocenters. The molecule has 1 heterocycles. The van der Waals surface area contributed by atoms with E-state index in [0.29, 0.717) is 6.04 Å². The molecule has 0 aromatic carbocycles. The second kappa shape index (κ2) is 4.62. The van der Waals surface area contributed by atoms with Gasteiger partial charge in [-0.15, -0.1) is 0 Å². The molecule has 0 unspecified atom stereocenters. The van der Waals surface area contributed by atoms with Crippen molar-refractivity contribution in [2.45, 2.75) is 38.0 Å². The zero-order valence-corrected chi connectivity index (χ0v) is 8.39. The Morgan fingerprint density at radius 1 is 1.29 bits per heavy atom. The van der Waals surface area contributed by atoms with Gasteiger partial charge in [-0.3, -0.25) is 0 Å². The van der Waals surface area contributed by atoms with E-state index in [1.54, 1.807) is 0 Å². The van der Waals surface area contributed by atoms with E-state index in [2.05, 4.69) is 22.3 Å². The van der Waals surface area contributed by atoms with Crippen LogP contribution in [0, 0.1) is 0 Å². The van der Waals surface area contributed by atoms with Crippen molar-refractivity contribution in [3.05, 3.63) is 24.5 Å². The minimum atomic E-state index is -0.125. The Kier molecular flexibility index (Phi) is 3.22. The molecule has 0 amide bonds. The Morgan fingerprint density at radius 3 is 2.71 bits per heavy atom. The number of aliphatic hydroxyl groups excluding tert-OH is 1. The Morgan fingerprint density at radius 2 is 2.07 bits per heavy atom. The Balaban J connectivity index is 1.68. The van der Waals surface area contributed by atoms with Gasteiger partial charge in [-0.05, 0) is 31.4 Å². The smallest absolute Gasteiger partial charge is 0.0693 e. The van der Waals surface area contributed by atoms with Crippen molar-refractivity contribution in [1.82, 2.24) is 9.88 Å². The fourth-order valence-electron chi connectivity index (χ4n) is 2.08. The topological polar surface area (TPSA) is 37.2 Å². The highest BCUT2D eigenvalue weighted by Crippen LogP contribution is 2.18. The van der Waals surface area contributed by atoms with Crippen LogP contribution in [0.1, 0.15) is 19.3 Å². The maximum atomic E-state index is 9.58. The fraction of sp³-hybridized carbons (Fsp3) is 0.636. The van der Waals surface area contributed by atoms with Crippen molar-refractivity contribution in [2.24, 2.45) is 0 Å². The van der Waals surface area contributed by atoms with Crippen LogP contribution in [-0.4, -0.2) is 28.4 Å². The lowest BCUT2D eigenvalue weighted by Gasteiger charge is -2.16. The number of hydrogen-bond donors (Lipinski definition) is 2. The van der Waals surface area contributed by atoms with Gasteiger partial charge in [0.2, 0.25) is 0 Å². The van der Waals surface area contributed by atoms with Gasteiger partial charge >= 0.3 is 0 Å². The maximum Gasteiger partial charge on any atom is 0.0693 e. The van der Waals surface area contributed by atoms with E-state index in [9.17, 15) is 5.11 Å². The average Bonchev–Trinajstić information content (AvgIpc) is 2.78. The van der Waals surface area contributed by atoms with Crippen LogP contribution in [0.25, 0.3) is 0 Å². The van der Waals surface area contributed by atoms with Crippen molar-refractivity contribution < 1.29 is 5.11 Å². The fourth-order valence-corrected chi connectivity index (χ4v) is 2.08. The lowest BCUT2D eigenvalue weighted by Crippen LogP contribution is -2.37. The van der Waals surface area contributed by atoms with Crippen molar-refractivity contribution in [3.63, 3.8) is 0 Å². The Labute approximate surface area is 84.7 Å². The van der Waals surface area contributed by atoms with E-state index in [1.807, 2.05) is 12.1 Å². The summed E-state index contributed by atoms with van der Waals surface area (Å²) in [7, 11) is 0. The summed E-state index contributed by atoms with van der Waals surface area (Å²) >= 11 is 0. The van der Waals surface area contributed by atoms with E-state index >= 15 is 0 Å². The molecule has 1 aromatic heterocycles. The molecule has 0 bridgehead atoms. The molecule has 3 nitrogen and oxygen atoms in total. The molecule has 78 valence electrons. The number of aliphatic hydroxyl groups is 1. The van der Waals surface area contributed by atoms with Crippen LogP contribution in [0.5, 0.6) is 0 Å². The predicted octanol–water partition coefficient (Wildman–Crippen LogP) is 0.991. The molecule has 1 aliphatic carbocycles. The third-order valence-electron chi connectivity index (χ3n) is 2.92. The molecule has 1 aromatic rings. The second-order valence-electron chi connectivity index (χ2n) is 3.98. The first-order valence-electron chi connectivity index (χ1n) is 5.38. The van der Waals surface area contributed by atoms with E-state index < -0.39 is 0 Å². The first-order chi connectivity index (χ1) is 6.86. The lowest BCUT2D eigenvalue weighted by molar-refractivity contribution is 0.149. The number of hydrogen-bond acceptors (Lipinski definition) is 2. The van der Waals surface area contributed by atoms with Gasteiger partial charge in [-0.2, -0.15) is 0 Å². The standard InChI is InChI=1S/C11H18N2O/c14-11-5-3-4-10(11)12-6-9-13-7-1-2-8-13/h1-2,7-8,10-12,14H,3-6,9H2/t10-,11-/m1/s1. The Bertz CT molecular complexity index is 258. The molecule has 0 spiro atoms. The predicted molar refractivity (Wildman–Crippen MR) is 56.1 cm³/mol. The highest BCUT2D eigenvalue weighted by atomic mass is 16.3. The number of nitrogens with zero attached hydrogens (tertiary/aromatic N) is 1. The first-order valence-corrected chi connectivity index (χ1v) is 5.38. The van der Waals surface area contributed by atoms with Gasteiger partial charge in [0.25, 0.3) is 0 Å². The second-order valence-corrected chi connectivity index (χ2v) is 3.98. The van der Waals surface area contributed by atoms with Gasteiger partial charge < -0.3 is 15.0 Å². The molecule has 1 fully saturated rings. The minimum Gasteiger partial charge on any atom is -0.392 e. The molecule has 0 radical (unpaired) electrons. The van der Waals surface area contributed by atoms with E-state index in [0.717, 1.165) is 32.4 Å². The van der Waals surface area contributed by atoms with Crippen LogP contribution in [0.3, 0.4) is 0 Å². The van der Waals surface area contributed by atoms with Crippen molar-refractivity contribution >= 4 is 0 Å². The summed E-state index contributed by atoms with van der Waals surface area (Å²) in [5.74, 6) is 0. The van der Waals surface area contributed by atoms with Crippen molar-refractivity contribution in [1.29, 1.82) is 0 Å². The highest BCUT2D eigenvalue weighted by Gasteiger charge is 2.23. The molecule has 3 heteroatoms. The summed E-state index contributed by atoms with van der Waals surface area (Å²) in [4.78, 5) is 0. The molecule has 14 heavy (non-hydrogen) atoms. The summed E-state index contributed by atoms with van der Waals surface area (Å²) in [5.41, 5.74) is 0. The Hall–Kier alpha value is -0.800. The molecule has 1 aliphatic rings. The highest BCUT2D eigenvalue weighted by molar-refractivity contribution is 4.90. The largest absolute Gasteiger partial charge is 0.392 e. The van der Waals surface area contributed by atoms with Gasteiger partial charge in [0.1, 0.15) is 0 Å². The van der Waals surface area contributed by atoms with Crippen LogP contribution in [0.4, 0.5) is 0 Å². The summed E-state index contributed by atoms with van der Waals surface area (Å²) < 4.78 is 2.15. The summed E-state index contributed by atoms with van der Waals surface area (Å²) in [6, 6.07) is 4.39. The SMILES string of the molecule is O[C@@H]1CCC[C@H]1NCCn1cccc1. The van der Waals surface area contributed by atoms with Gasteiger partial charge in [-0.1, -0.05) is 0 Å². The zero-order chi connectivity index (χ0) is 9.80. The number of nitrogens with one attached hydrogen (secondary N) is 1. The van der Waals surface area contributed by atoms with Crippen LogP contribution >= 0.6 is 0 Å². The van der Waals surface area contributed by atoms with Gasteiger partial charge in [0, 0.05) is 31.5 Å². The van der Waals surface area contributed by atoms with Crippen molar-refractivity contribution in [2.75, 3.05) is 6.54 Å². The molecule has 2 rings (SSSR count). The van der Waals surface area contributed by atoms with Crippen molar-refractivity contribution in [3.8, 4) is 0 Å². The summed E-state index contributed by atoms with van der Waals surface area (Å²) in [5, 5.41) is 13.0. The third-order valence-corrected chi connectivity index (χ3v) is 2.92. The molecule has 1 saturated carbocycles. The van der Waals surface area contributed by atoms with E-state index in [1.165, 1.54) is 0 Å². The number of rotatable bonds is 4. The third kappa shape index (κ3) is 2.36. The first kappa shape index (κ1) is 9.74. The summed E-state index contributed by atoms with van der Waals surface area (Å²) in [6.07, 6.45) is 7.23. The molecular formula is C11H18N2O. The van der Waals surface area contributed by atoms with Gasteiger partial charge in [-0.25, -0.2) is 0 Å². The normalized spacial score (nSPS) is 26.9. The van der Waals surface area contributed by atoms with Crippen LogP contribution in [0.15, 0.2) is 24.5 Å². The van der Waals surface area contributed by atoms with Gasteiger partial charge in [0.05, 0.1) is 6.10 Å². The lowest BCUT2D eigenvalue weighted by atomic mass is 10.2. The van der Waals surface area contributed by atoms with Gasteiger partial charge in [0.15, 0.2) is 0 Å². The zero-order valence-electron chi connectivity index (χ0n) is 8.39. The minimum absolute atomic E-state index is 0.125. The number of aromatic nitrogens is 1. The van der Waals surface area contributed by atoms with E-state index in [-0.39, 0.29) is 6.10 Å². The molecule has 0 aliphatic heterocycles. The molecule has 2 N–H and O–H groups in total. The summed E-state index contributed by atoms with van der Waals surface area (Å²) in [6.45, 7) is 1.92. The monoisotopic (exact) mass is 194 g/mol.